The minimum absolute atomic E-state index is 0.201. The lowest BCUT2D eigenvalue weighted by atomic mass is 10.1. The summed E-state index contributed by atoms with van der Waals surface area (Å²) < 4.78 is 4.89. The van der Waals surface area contributed by atoms with Crippen molar-refractivity contribution < 1.29 is 14.6 Å². The van der Waals surface area contributed by atoms with E-state index >= 15 is 0 Å². The van der Waals surface area contributed by atoms with Crippen LogP contribution in [-0.4, -0.2) is 27.9 Å². The fourth-order valence-electron chi connectivity index (χ4n) is 1.30. The minimum Gasteiger partial charge on any atom is -0.479 e. The van der Waals surface area contributed by atoms with Crippen molar-refractivity contribution in [2.75, 3.05) is 6.61 Å². The van der Waals surface area contributed by atoms with Crippen LogP contribution in [0.5, 0.6) is 5.88 Å². The van der Waals surface area contributed by atoms with Crippen molar-refractivity contribution in [3.63, 3.8) is 0 Å². The Morgan fingerprint density at radius 1 is 1.12 bits per heavy atom. The van der Waals surface area contributed by atoms with Crippen molar-refractivity contribution in [3.8, 4) is 17.1 Å². The fraction of sp³-hybridized carbons (Fsp3) is 0.0833. The first-order valence-electron chi connectivity index (χ1n) is 4.99. The number of nitrogens with zero attached hydrogens (tertiary/aromatic N) is 2. The predicted molar refractivity (Wildman–Crippen MR) is 60.6 cm³/mol. The molecule has 5 heteroatoms. The second-order valence-electron chi connectivity index (χ2n) is 3.31. The van der Waals surface area contributed by atoms with E-state index in [0.29, 0.717) is 5.69 Å². The van der Waals surface area contributed by atoms with Gasteiger partial charge in [0.05, 0.1) is 5.69 Å². The van der Waals surface area contributed by atoms with Crippen LogP contribution in [0.4, 0.5) is 0 Å². The molecule has 0 aliphatic rings. The van der Waals surface area contributed by atoms with Crippen molar-refractivity contribution in [1.29, 1.82) is 0 Å². The largest absolute Gasteiger partial charge is 0.479 e. The quantitative estimate of drug-likeness (QED) is 0.863. The van der Waals surface area contributed by atoms with Crippen LogP contribution in [0.1, 0.15) is 0 Å². The second-order valence-corrected chi connectivity index (χ2v) is 3.31. The minimum atomic E-state index is -1.04. The number of hydrogen-bond donors (Lipinski definition) is 1. The third kappa shape index (κ3) is 3.01. The zero-order valence-electron chi connectivity index (χ0n) is 8.91. The van der Waals surface area contributed by atoms with Gasteiger partial charge in [0.2, 0.25) is 5.88 Å². The van der Waals surface area contributed by atoms with Crippen LogP contribution in [0, 0.1) is 0 Å². The zero-order chi connectivity index (χ0) is 12.1. The van der Waals surface area contributed by atoms with Crippen molar-refractivity contribution in [2.45, 2.75) is 0 Å². The fourth-order valence-corrected chi connectivity index (χ4v) is 1.30. The number of rotatable bonds is 4. The highest BCUT2D eigenvalue weighted by Gasteiger charge is 2.03. The predicted octanol–water partition coefficient (Wildman–Crippen LogP) is 1.61. The molecule has 0 bridgehead atoms. The van der Waals surface area contributed by atoms with Gasteiger partial charge in [0.25, 0.3) is 0 Å². The molecule has 0 saturated heterocycles. The molecule has 1 N–H and O–H groups in total. The Morgan fingerprint density at radius 3 is 2.47 bits per heavy atom. The van der Waals surface area contributed by atoms with Crippen LogP contribution in [0.2, 0.25) is 0 Å². The molecule has 1 aromatic carbocycles. The van der Waals surface area contributed by atoms with Crippen LogP contribution in [0.3, 0.4) is 0 Å². The maximum atomic E-state index is 10.3. The number of aliphatic carboxylic acids is 1. The first kappa shape index (κ1) is 11.1. The van der Waals surface area contributed by atoms with E-state index in [2.05, 4.69) is 10.2 Å². The molecular formula is C12H10N2O3. The molecule has 0 saturated carbocycles. The topological polar surface area (TPSA) is 72.3 Å². The van der Waals surface area contributed by atoms with Gasteiger partial charge in [-0.3, -0.25) is 0 Å². The van der Waals surface area contributed by atoms with Crippen molar-refractivity contribution in [3.05, 3.63) is 42.5 Å². The lowest BCUT2D eigenvalue weighted by Gasteiger charge is -2.02. The maximum Gasteiger partial charge on any atom is 0.341 e. The summed E-state index contributed by atoms with van der Waals surface area (Å²) in [6.07, 6.45) is 0. The molecule has 0 amide bonds. The smallest absolute Gasteiger partial charge is 0.341 e. The standard InChI is InChI=1S/C12H10N2O3/c15-12(16)8-17-11-7-6-10(13-14-11)9-4-2-1-3-5-9/h1-7H,8H2,(H,15,16). The highest BCUT2D eigenvalue weighted by molar-refractivity contribution is 5.68. The number of hydrogen-bond acceptors (Lipinski definition) is 4. The second kappa shape index (κ2) is 5.07. The molecule has 0 radical (unpaired) electrons. The lowest BCUT2D eigenvalue weighted by Crippen LogP contribution is -2.10. The summed E-state index contributed by atoms with van der Waals surface area (Å²) in [5.41, 5.74) is 1.66. The molecule has 1 aromatic heterocycles. The molecule has 2 rings (SSSR count). The van der Waals surface area contributed by atoms with Crippen LogP contribution in [-0.2, 0) is 4.79 Å². The van der Waals surface area contributed by atoms with Gasteiger partial charge in [0.15, 0.2) is 6.61 Å². The van der Waals surface area contributed by atoms with Crippen molar-refractivity contribution in [2.24, 2.45) is 0 Å². The molecule has 0 aliphatic carbocycles. The summed E-state index contributed by atoms with van der Waals surface area (Å²) in [5.74, 6) is -0.842. The van der Waals surface area contributed by atoms with Crippen molar-refractivity contribution in [1.82, 2.24) is 10.2 Å². The summed E-state index contributed by atoms with van der Waals surface area (Å²) in [7, 11) is 0. The van der Waals surface area contributed by atoms with E-state index in [1.807, 2.05) is 30.3 Å². The van der Waals surface area contributed by atoms with E-state index in [-0.39, 0.29) is 5.88 Å². The van der Waals surface area contributed by atoms with Gasteiger partial charge in [-0.1, -0.05) is 30.3 Å². The molecule has 2 aromatic rings. The molecular weight excluding hydrogens is 220 g/mol. The average Bonchev–Trinajstić information content (AvgIpc) is 2.38. The molecule has 0 fully saturated rings. The maximum absolute atomic E-state index is 10.3. The molecule has 1 heterocycles. The van der Waals surface area contributed by atoms with Gasteiger partial charge in [-0.15, -0.1) is 10.2 Å². The molecule has 0 aliphatic heterocycles. The number of aromatic nitrogens is 2. The van der Waals surface area contributed by atoms with E-state index in [9.17, 15) is 4.79 Å². The molecule has 17 heavy (non-hydrogen) atoms. The number of benzene rings is 1. The summed E-state index contributed by atoms with van der Waals surface area (Å²) in [5, 5.41) is 16.2. The first-order valence-corrected chi connectivity index (χ1v) is 4.99. The Labute approximate surface area is 97.7 Å². The third-order valence-electron chi connectivity index (χ3n) is 2.05. The summed E-state index contributed by atoms with van der Waals surface area (Å²) in [6.45, 7) is -0.417. The number of ether oxygens (including phenoxy) is 1. The Hall–Kier alpha value is -2.43. The summed E-state index contributed by atoms with van der Waals surface area (Å²) >= 11 is 0. The highest BCUT2D eigenvalue weighted by atomic mass is 16.5. The van der Waals surface area contributed by atoms with Crippen LogP contribution in [0.25, 0.3) is 11.3 Å². The van der Waals surface area contributed by atoms with E-state index in [1.54, 1.807) is 12.1 Å². The highest BCUT2D eigenvalue weighted by Crippen LogP contribution is 2.16. The van der Waals surface area contributed by atoms with Crippen molar-refractivity contribution >= 4 is 5.97 Å². The van der Waals surface area contributed by atoms with E-state index in [0.717, 1.165) is 5.56 Å². The Bertz CT molecular complexity index is 497. The normalized spacial score (nSPS) is 9.88. The number of carboxylic acids is 1. The number of carbonyl (C=O) groups is 1. The van der Waals surface area contributed by atoms with Gasteiger partial charge in [0.1, 0.15) is 0 Å². The Balaban J connectivity index is 2.11. The molecule has 0 unspecified atom stereocenters. The van der Waals surface area contributed by atoms with Gasteiger partial charge in [0, 0.05) is 11.6 Å². The van der Waals surface area contributed by atoms with E-state index in [1.165, 1.54) is 0 Å². The van der Waals surface area contributed by atoms with Gasteiger partial charge in [-0.05, 0) is 6.07 Å². The van der Waals surface area contributed by atoms with Crippen LogP contribution < -0.4 is 4.74 Å². The molecule has 0 atom stereocenters. The van der Waals surface area contributed by atoms with Gasteiger partial charge in [-0.25, -0.2) is 4.79 Å². The third-order valence-corrected chi connectivity index (χ3v) is 2.05. The van der Waals surface area contributed by atoms with E-state index in [4.69, 9.17) is 9.84 Å². The first-order chi connectivity index (χ1) is 8.25. The van der Waals surface area contributed by atoms with Gasteiger partial charge >= 0.3 is 5.97 Å². The van der Waals surface area contributed by atoms with Crippen LogP contribution in [0.15, 0.2) is 42.5 Å². The summed E-state index contributed by atoms with van der Waals surface area (Å²) in [4.78, 5) is 10.3. The molecule has 0 spiro atoms. The van der Waals surface area contributed by atoms with Crippen LogP contribution >= 0.6 is 0 Å². The molecule has 86 valence electrons. The monoisotopic (exact) mass is 230 g/mol. The Morgan fingerprint density at radius 2 is 1.88 bits per heavy atom. The molecule has 5 nitrogen and oxygen atoms in total. The van der Waals surface area contributed by atoms with E-state index < -0.39 is 12.6 Å². The zero-order valence-corrected chi connectivity index (χ0v) is 8.91. The Kier molecular flexibility index (Phi) is 3.30. The number of carboxylic acid groups (broad SMARTS) is 1. The average molecular weight is 230 g/mol. The van der Waals surface area contributed by atoms with Gasteiger partial charge < -0.3 is 9.84 Å². The SMILES string of the molecule is O=C(O)COc1ccc(-c2ccccc2)nn1. The summed E-state index contributed by atoms with van der Waals surface area (Å²) in [6, 6.07) is 12.9. The lowest BCUT2D eigenvalue weighted by molar-refractivity contribution is -0.139. The van der Waals surface area contributed by atoms with Gasteiger partial charge in [-0.2, -0.15) is 0 Å².